The van der Waals surface area contributed by atoms with E-state index in [1.807, 2.05) is 0 Å². The smallest absolute Gasteiger partial charge is 0.261 e. The van der Waals surface area contributed by atoms with Crippen LogP contribution in [0, 0.1) is 0 Å². The average molecular weight is 370 g/mol. The van der Waals surface area contributed by atoms with Gasteiger partial charge in [0, 0.05) is 31.6 Å². The van der Waals surface area contributed by atoms with Crippen LogP contribution in [0.3, 0.4) is 0 Å². The van der Waals surface area contributed by atoms with E-state index in [2.05, 4.69) is 29.0 Å². The Balaban J connectivity index is 1.69. The van der Waals surface area contributed by atoms with Gasteiger partial charge in [-0.15, -0.1) is 0 Å². The molecule has 1 N–H and O–H groups in total. The van der Waals surface area contributed by atoms with Crippen molar-refractivity contribution in [2.24, 2.45) is 0 Å². The highest BCUT2D eigenvalue weighted by atomic mass is 16.1. The van der Waals surface area contributed by atoms with Crippen LogP contribution in [0.2, 0.25) is 0 Å². The van der Waals surface area contributed by atoms with Crippen LogP contribution in [0.1, 0.15) is 55.7 Å². The molecule has 1 aliphatic heterocycles. The van der Waals surface area contributed by atoms with Gasteiger partial charge in [0.05, 0.1) is 10.9 Å². The third kappa shape index (κ3) is 4.56. The molecule has 0 aliphatic carbocycles. The summed E-state index contributed by atoms with van der Waals surface area (Å²) in [6.07, 6.45) is 5.26. The maximum Gasteiger partial charge on any atom is 0.261 e. The molecule has 0 unspecified atom stereocenters. The summed E-state index contributed by atoms with van der Waals surface area (Å²) in [6, 6.07) is 5.21. The Morgan fingerprint density at radius 3 is 2.89 bits per heavy atom. The van der Waals surface area contributed by atoms with Gasteiger partial charge >= 0.3 is 0 Å². The van der Waals surface area contributed by atoms with E-state index in [4.69, 9.17) is 0 Å². The lowest BCUT2D eigenvalue weighted by Crippen LogP contribution is -2.35. The van der Waals surface area contributed by atoms with Gasteiger partial charge in [0.2, 0.25) is 0 Å². The predicted molar refractivity (Wildman–Crippen MR) is 108 cm³/mol. The zero-order valence-electron chi connectivity index (χ0n) is 16.5. The topological polar surface area (TPSA) is 67.2 Å². The molecule has 2 heterocycles. The molecule has 0 saturated carbocycles. The van der Waals surface area contributed by atoms with E-state index in [0.717, 1.165) is 51.3 Å². The summed E-state index contributed by atoms with van der Waals surface area (Å²) in [5.41, 5.74) is 1.20. The molecule has 0 bridgehead atoms. The molecule has 1 aliphatic rings. The first-order chi connectivity index (χ1) is 13.1. The van der Waals surface area contributed by atoms with Gasteiger partial charge in [0.15, 0.2) is 0 Å². The normalized spacial score (nSPS) is 13.7. The lowest BCUT2D eigenvalue weighted by atomic mass is 10.1. The Labute approximate surface area is 160 Å². The molecule has 0 fully saturated rings. The molecule has 6 nitrogen and oxygen atoms in total. The zero-order valence-corrected chi connectivity index (χ0v) is 16.5. The Kier molecular flexibility index (Phi) is 6.61. The predicted octanol–water partition coefficient (Wildman–Crippen LogP) is 2.58. The van der Waals surface area contributed by atoms with Crippen LogP contribution in [0.25, 0.3) is 10.9 Å². The van der Waals surface area contributed by atoms with Crippen molar-refractivity contribution in [1.29, 1.82) is 0 Å². The largest absolute Gasteiger partial charge is 0.351 e. The lowest BCUT2D eigenvalue weighted by Gasteiger charge is -2.20. The van der Waals surface area contributed by atoms with Crippen LogP contribution >= 0.6 is 0 Å². The van der Waals surface area contributed by atoms with Gasteiger partial charge < -0.3 is 10.2 Å². The summed E-state index contributed by atoms with van der Waals surface area (Å²) in [7, 11) is 0. The number of benzene rings is 1. The van der Waals surface area contributed by atoms with Crippen LogP contribution in [-0.4, -0.2) is 46.5 Å². The SMILES string of the molecule is CCCCN(CC)CCNC(=O)c1ccc2c(=O)n3c(nc2c1)CCCC3. The number of hydrogen-bond acceptors (Lipinski definition) is 4. The number of amides is 1. The fraction of sp³-hybridized carbons (Fsp3) is 0.571. The number of nitrogens with one attached hydrogen (secondary N) is 1. The molecule has 3 rings (SSSR count). The highest BCUT2D eigenvalue weighted by Gasteiger charge is 2.16. The van der Waals surface area contributed by atoms with Gasteiger partial charge in [0.25, 0.3) is 11.5 Å². The Bertz CT molecular complexity index is 859. The lowest BCUT2D eigenvalue weighted by molar-refractivity contribution is 0.0948. The van der Waals surface area contributed by atoms with Gasteiger partial charge in [-0.1, -0.05) is 20.3 Å². The molecule has 2 aromatic rings. The number of fused-ring (bicyclic) bond motifs is 2. The summed E-state index contributed by atoms with van der Waals surface area (Å²) in [5, 5.41) is 3.58. The van der Waals surface area contributed by atoms with Crippen LogP contribution in [0.4, 0.5) is 0 Å². The van der Waals surface area contributed by atoms with Gasteiger partial charge in [-0.05, 0) is 50.6 Å². The van der Waals surface area contributed by atoms with Crippen molar-refractivity contribution in [3.05, 3.63) is 39.9 Å². The molecule has 1 amide bonds. The van der Waals surface area contributed by atoms with Crippen LogP contribution in [0.15, 0.2) is 23.0 Å². The molecular weight excluding hydrogens is 340 g/mol. The molecule has 1 aromatic carbocycles. The number of rotatable bonds is 8. The van der Waals surface area contributed by atoms with Crippen LogP contribution in [-0.2, 0) is 13.0 Å². The minimum Gasteiger partial charge on any atom is -0.351 e. The zero-order chi connectivity index (χ0) is 19.2. The van der Waals surface area contributed by atoms with E-state index >= 15 is 0 Å². The minimum atomic E-state index is -0.108. The molecule has 6 heteroatoms. The number of likely N-dealkylation sites (N-methyl/N-ethyl adjacent to an activating group) is 1. The minimum absolute atomic E-state index is 0.0103. The second kappa shape index (κ2) is 9.13. The monoisotopic (exact) mass is 370 g/mol. The molecule has 1 aromatic heterocycles. The molecule has 0 radical (unpaired) electrons. The van der Waals surface area contributed by atoms with Gasteiger partial charge in [-0.3, -0.25) is 14.2 Å². The second-order valence-electron chi connectivity index (χ2n) is 7.22. The van der Waals surface area contributed by atoms with E-state index in [0.29, 0.717) is 23.0 Å². The van der Waals surface area contributed by atoms with E-state index in [1.54, 1.807) is 22.8 Å². The first-order valence-electron chi connectivity index (χ1n) is 10.2. The summed E-state index contributed by atoms with van der Waals surface area (Å²) in [5.74, 6) is 0.730. The van der Waals surface area contributed by atoms with E-state index in [9.17, 15) is 9.59 Å². The number of carbonyl (C=O) groups is 1. The first kappa shape index (κ1) is 19.5. The van der Waals surface area contributed by atoms with Gasteiger partial charge in [-0.2, -0.15) is 0 Å². The number of unbranched alkanes of at least 4 members (excludes halogenated alkanes) is 1. The first-order valence-corrected chi connectivity index (χ1v) is 10.2. The fourth-order valence-corrected chi connectivity index (χ4v) is 3.62. The van der Waals surface area contributed by atoms with Crippen molar-refractivity contribution in [2.75, 3.05) is 26.2 Å². The van der Waals surface area contributed by atoms with Crippen molar-refractivity contribution in [3.63, 3.8) is 0 Å². The van der Waals surface area contributed by atoms with Crippen LogP contribution < -0.4 is 10.9 Å². The van der Waals surface area contributed by atoms with Crippen molar-refractivity contribution in [1.82, 2.24) is 19.8 Å². The third-order valence-corrected chi connectivity index (χ3v) is 5.32. The average Bonchev–Trinajstić information content (AvgIpc) is 2.70. The summed E-state index contributed by atoms with van der Waals surface area (Å²) in [4.78, 5) is 32.1. The molecule has 27 heavy (non-hydrogen) atoms. The number of aryl methyl sites for hydroxylation is 1. The fourth-order valence-electron chi connectivity index (χ4n) is 3.62. The van der Waals surface area contributed by atoms with Gasteiger partial charge in [-0.25, -0.2) is 4.98 Å². The number of hydrogen-bond donors (Lipinski definition) is 1. The van der Waals surface area contributed by atoms with Crippen molar-refractivity contribution >= 4 is 16.8 Å². The number of aromatic nitrogens is 2. The number of nitrogens with zero attached hydrogens (tertiary/aromatic N) is 3. The Morgan fingerprint density at radius 2 is 2.11 bits per heavy atom. The highest BCUT2D eigenvalue weighted by Crippen LogP contribution is 2.16. The van der Waals surface area contributed by atoms with Gasteiger partial charge in [0.1, 0.15) is 5.82 Å². The molecule has 146 valence electrons. The second-order valence-corrected chi connectivity index (χ2v) is 7.22. The Hall–Kier alpha value is -2.21. The molecule has 0 spiro atoms. The maximum atomic E-state index is 12.6. The maximum absolute atomic E-state index is 12.6. The molecule has 0 atom stereocenters. The van der Waals surface area contributed by atoms with Crippen molar-refractivity contribution in [2.45, 2.75) is 52.5 Å². The molecule has 0 saturated heterocycles. The van der Waals surface area contributed by atoms with E-state index in [-0.39, 0.29) is 11.5 Å². The number of carbonyl (C=O) groups excluding carboxylic acids is 1. The summed E-state index contributed by atoms with van der Waals surface area (Å²) < 4.78 is 1.78. The van der Waals surface area contributed by atoms with Crippen molar-refractivity contribution in [3.8, 4) is 0 Å². The Morgan fingerprint density at radius 1 is 1.26 bits per heavy atom. The van der Waals surface area contributed by atoms with Crippen LogP contribution in [0.5, 0.6) is 0 Å². The standard InChI is InChI=1S/C21H30N4O2/c1-3-5-12-24(4-2)14-11-22-20(26)16-9-10-17-18(15-16)23-19-8-6-7-13-25(19)21(17)27/h9-10,15H,3-8,11-14H2,1-2H3,(H,22,26). The highest BCUT2D eigenvalue weighted by molar-refractivity contribution is 5.97. The summed E-state index contributed by atoms with van der Waals surface area (Å²) >= 11 is 0. The quantitative estimate of drug-likeness (QED) is 0.776. The van der Waals surface area contributed by atoms with Crippen molar-refractivity contribution < 1.29 is 4.79 Å². The van der Waals surface area contributed by atoms with E-state index < -0.39 is 0 Å². The molecular formula is C21H30N4O2. The van der Waals surface area contributed by atoms with E-state index in [1.165, 1.54) is 12.8 Å². The third-order valence-electron chi connectivity index (χ3n) is 5.32. The summed E-state index contributed by atoms with van der Waals surface area (Å²) in [6.45, 7) is 8.60.